The van der Waals surface area contributed by atoms with Crippen LogP contribution in [0.1, 0.15) is 10.4 Å². The number of aromatic carboxylic acids is 1. The van der Waals surface area contributed by atoms with Gasteiger partial charge in [0.05, 0.1) is 11.3 Å². The van der Waals surface area contributed by atoms with Crippen molar-refractivity contribution in [1.29, 1.82) is 0 Å². The van der Waals surface area contributed by atoms with Crippen LogP contribution >= 0.6 is 27.3 Å². The van der Waals surface area contributed by atoms with Crippen molar-refractivity contribution in [3.05, 3.63) is 63.9 Å². The fourth-order valence-corrected chi connectivity index (χ4v) is 3.07. The third kappa shape index (κ3) is 3.35. The molecule has 1 aromatic heterocycles. The van der Waals surface area contributed by atoms with Crippen LogP contribution in [-0.4, -0.2) is 16.1 Å². The Morgan fingerprint density at radius 2 is 1.95 bits per heavy atom. The zero-order valence-electron chi connectivity index (χ0n) is 11.3. The quantitative estimate of drug-likeness (QED) is 0.673. The second-order valence-corrected chi connectivity index (χ2v) is 6.33. The maximum absolute atomic E-state index is 10.8. The van der Waals surface area contributed by atoms with E-state index < -0.39 is 5.97 Å². The Labute approximate surface area is 139 Å². The smallest absolute Gasteiger partial charge is 0.335 e. The predicted octanol–water partition coefficient (Wildman–Crippen LogP) is 5.01. The Hall–Kier alpha value is -2.18. The molecule has 3 aromatic rings. The monoisotopic (exact) mass is 374 g/mol. The third-order valence-electron chi connectivity index (χ3n) is 3.01. The van der Waals surface area contributed by atoms with Gasteiger partial charge in [0.15, 0.2) is 5.13 Å². The zero-order chi connectivity index (χ0) is 15.5. The number of nitrogens with zero attached hydrogens (tertiary/aromatic N) is 1. The molecule has 22 heavy (non-hydrogen) atoms. The van der Waals surface area contributed by atoms with Gasteiger partial charge in [-0.05, 0) is 36.4 Å². The lowest BCUT2D eigenvalue weighted by atomic mass is 10.2. The van der Waals surface area contributed by atoms with Crippen molar-refractivity contribution in [3.8, 4) is 11.3 Å². The number of hydrogen-bond donors (Lipinski definition) is 2. The molecule has 0 radical (unpaired) electrons. The first-order valence-electron chi connectivity index (χ1n) is 6.44. The molecule has 2 N–H and O–H groups in total. The minimum absolute atomic E-state index is 0.263. The molecular weight excluding hydrogens is 364 g/mol. The lowest BCUT2D eigenvalue weighted by Gasteiger charge is -2.02. The van der Waals surface area contributed by atoms with Crippen molar-refractivity contribution in [2.45, 2.75) is 0 Å². The average Bonchev–Trinajstić information content (AvgIpc) is 2.96. The van der Waals surface area contributed by atoms with E-state index >= 15 is 0 Å². The highest BCUT2D eigenvalue weighted by Gasteiger charge is 2.06. The first-order chi connectivity index (χ1) is 10.6. The summed E-state index contributed by atoms with van der Waals surface area (Å²) < 4.78 is 1.01. The molecule has 0 unspecified atom stereocenters. The molecule has 0 amide bonds. The largest absolute Gasteiger partial charge is 0.478 e. The number of rotatable bonds is 4. The maximum atomic E-state index is 10.8. The van der Waals surface area contributed by atoms with Gasteiger partial charge in [-0.1, -0.05) is 28.1 Å². The van der Waals surface area contributed by atoms with Crippen molar-refractivity contribution in [3.63, 3.8) is 0 Å². The normalized spacial score (nSPS) is 10.4. The van der Waals surface area contributed by atoms with E-state index in [4.69, 9.17) is 5.11 Å². The molecule has 0 saturated carbocycles. The second kappa shape index (κ2) is 6.29. The molecular formula is C16H11BrN2O2S. The summed E-state index contributed by atoms with van der Waals surface area (Å²) in [7, 11) is 0. The Bertz CT molecular complexity index is 815. The van der Waals surface area contributed by atoms with Gasteiger partial charge in [-0.3, -0.25) is 0 Å². The minimum Gasteiger partial charge on any atom is -0.478 e. The van der Waals surface area contributed by atoms with Gasteiger partial charge in [-0.15, -0.1) is 11.3 Å². The van der Waals surface area contributed by atoms with Crippen LogP contribution < -0.4 is 5.32 Å². The molecule has 3 rings (SSSR count). The van der Waals surface area contributed by atoms with Crippen LogP contribution in [0.2, 0.25) is 0 Å². The molecule has 6 heteroatoms. The number of nitrogens with one attached hydrogen (secondary N) is 1. The molecule has 0 spiro atoms. The van der Waals surface area contributed by atoms with Crippen LogP contribution in [0.3, 0.4) is 0 Å². The van der Waals surface area contributed by atoms with E-state index in [1.54, 1.807) is 24.3 Å². The number of anilines is 2. The lowest BCUT2D eigenvalue weighted by Crippen LogP contribution is -1.96. The van der Waals surface area contributed by atoms with Gasteiger partial charge < -0.3 is 10.4 Å². The number of aromatic nitrogens is 1. The van der Waals surface area contributed by atoms with E-state index in [2.05, 4.69) is 26.2 Å². The fraction of sp³-hybridized carbons (Fsp3) is 0. The summed E-state index contributed by atoms with van der Waals surface area (Å²) in [5.41, 5.74) is 3.01. The Balaban J connectivity index is 1.78. The summed E-state index contributed by atoms with van der Waals surface area (Å²) >= 11 is 4.95. The van der Waals surface area contributed by atoms with Crippen molar-refractivity contribution < 1.29 is 9.90 Å². The Morgan fingerprint density at radius 3 is 2.64 bits per heavy atom. The second-order valence-electron chi connectivity index (χ2n) is 4.56. The SMILES string of the molecule is O=C(O)c1ccc(Nc2nc(-c3cccc(Br)c3)cs2)cc1. The summed E-state index contributed by atoms with van der Waals surface area (Å²) in [6, 6.07) is 14.5. The van der Waals surface area contributed by atoms with E-state index in [0.717, 1.165) is 26.5 Å². The van der Waals surface area contributed by atoms with Gasteiger partial charge in [0, 0.05) is 21.1 Å². The molecule has 0 saturated heterocycles. The van der Waals surface area contributed by atoms with Gasteiger partial charge in [0.2, 0.25) is 0 Å². The molecule has 0 bridgehead atoms. The summed E-state index contributed by atoms with van der Waals surface area (Å²) in [6.07, 6.45) is 0. The summed E-state index contributed by atoms with van der Waals surface area (Å²) in [5, 5.41) is 14.8. The molecule has 110 valence electrons. The van der Waals surface area contributed by atoms with Crippen LogP contribution in [0.15, 0.2) is 58.4 Å². The van der Waals surface area contributed by atoms with Crippen LogP contribution in [-0.2, 0) is 0 Å². The standard InChI is InChI=1S/C16H11BrN2O2S/c17-12-3-1-2-11(8-12)14-9-22-16(19-14)18-13-6-4-10(5-7-13)15(20)21/h1-9H,(H,18,19)(H,20,21). The van der Waals surface area contributed by atoms with Crippen molar-refractivity contribution in [2.75, 3.05) is 5.32 Å². The van der Waals surface area contributed by atoms with Crippen LogP contribution in [0.25, 0.3) is 11.3 Å². The summed E-state index contributed by atoms with van der Waals surface area (Å²) in [5.74, 6) is -0.933. The molecule has 0 aliphatic rings. The number of carbonyl (C=O) groups is 1. The topological polar surface area (TPSA) is 62.2 Å². The summed E-state index contributed by atoms with van der Waals surface area (Å²) in [6.45, 7) is 0. The van der Waals surface area contributed by atoms with Crippen LogP contribution in [0.5, 0.6) is 0 Å². The van der Waals surface area contributed by atoms with Crippen molar-refractivity contribution in [2.24, 2.45) is 0 Å². The molecule has 0 aliphatic carbocycles. The van der Waals surface area contributed by atoms with Crippen LogP contribution in [0.4, 0.5) is 10.8 Å². The Morgan fingerprint density at radius 1 is 1.18 bits per heavy atom. The maximum Gasteiger partial charge on any atom is 0.335 e. The predicted molar refractivity (Wildman–Crippen MR) is 91.9 cm³/mol. The number of thiazole rings is 1. The molecule has 1 heterocycles. The van der Waals surface area contributed by atoms with E-state index in [9.17, 15) is 4.79 Å². The van der Waals surface area contributed by atoms with Gasteiger partial charge in [0.25, 0.3) is 0 Å². The number of carboxylic acid groups (broad SMARTS) is 1. The fourth-order valence-electron chi connectivity index (χ4n) is 1.93. The highest BCUT2D eigenvalue weighted by molar-refractivity contribution is 9.10. The molecule has 4 nitrogen and oxygen atoms in total. The third-order valence-corrected chi connectivity index (χ3v) is 4.26. The number of carboxylic acids is 1. The van der Waals surface area contributed by atoms with E-state index in [-0.39, 0.29) is 5.56 Å². The van der Waals surface area contributed by atoms with Crippen molar-refractivity contribution in [1.82, 2.24) is 4.98 Å². The zero-order valence-corrected chi connectivity index (χ0v) is 13.7. The van der Waals surface area contributed by atoms with E-state index in [0.29, 0.717) is 0 Å². The average molecular weight is 375 g/mol. The molecule has 0 aliphatic heterocycles. The highest BCUT2D eigenvalue weighted by atomic mass is 79.9. The van der Waals surface area contributed by atoms with E-state index in [1.165, 1.54) is 11.3 Å². The molecule has 0 atom stereocenters. The molecule has 0 fully saturated rings. The minimum atomic E-state index is -0.933. The molecule has 2 aromatic carbocycles. The van der Waals surface area contributed by atoms with Gasteiger partial charge in [-0.25, -0.2) is 9.78 Å². The Kier molecular flexibility index (Phi) is 4.22. The van der Waals surface area contributed by atoms with Gasteiger partial charge >= 0.3 is 5.97 Å². The summed E-state index contributed by atoms with van der Waals surface area (Å²) in [4.78, 5) is 15.4. The first-order valence-corrected chi connectivity index (χ1v) is 8.11. The van der Waals surface area contributed by atoms with Crippen molar-refractivity contribution >= 4 is 44.1 Å². The number of hydrogen-bond acceptors (Lipinski definition) is 4. The van der Waals surface area contributed by atoms with E-state index in [1.807, 2.05) is 29.6 Å². The first kappa shape index (κ1) is 14.7. The van der Waals surface area contributed by atoms with Crippen LogP contribution in [0, 0.1) is 0 Å². The highest BCUT2D eigenvalue weighted by Crippen LogP contribution is 2.28. The lowest BCUT2D eigenvalue weighted by molar-refractivity contribution is 0.0697. The number of halogens is 1. The number of benzene rings is 2. The van der Waals surface area contributed by atoms with Gasteiger partial charge in [-0.2, -0.15) is 0 Å². The van der Waals surface area contributed by atoms with Gasteiger partial charge in [0.1, 0.15) is 0 Å².